The monoisotopic (exact) mass is 472 g/mol. The molecule has 0 spiro atoms. The summed E-state index contributed by atoms with van der Waals surface area (Å²) in [6.45, 7) is 2.69. The van der Waals surface area contributed by atoms with Crippen molar-refractivity contribution < 1.29 is 19.1 Å². The number of anilines is 1. The molecule has 1 aliphatic heterocycles. The average molecular weight is 473 g/mol. The number of ether oxygens (including phenoxy) is 1. The summed E-state index contributed by atoms with van der Waals surface area (Å²) in [7, 11) is 0. The summed E-state index contributed by atoms with van der Waals surface area (Å²) in [6.07, 6.45) is 1.43. The fourth-order valence-corrected chi connectivity index (χ4v) is 4.13. The Hall–Kier alpha value is -3.10. The zero-order valence-electron chi connectivity index (χ0n) is 18.6. The first-order chi connectivity index (χ1) is 15.9. The third kappa shape index (κ3) is 6.03. The van der Waals surface area contributed by atoms with Gasteiger partial charge in [-0.15, -0.1) is 0 Å². The van der Waals surface area contributed by atoms with Crippen LogP contribution in [0.4, 0.5) is 10.5 Å². The molecule has 33 heavy (non-hydrogen) atoms. The van der Waals surface area contributed by atoms with Gasteiger partial charge < -0.3 is 20.3 Å². The van der Waals surface area contributed by atoms with Gasteiger partial charge in [0, 0.05) is 30.3 Å². The van der Waals surface area contributed by atoms with Gasteiger partial charge in [-0.25, -0.2) is 4.79 Å². The molecule has 8 nitrogen and oxygen atoms in total. The zero-order chi connectivity index (χ0) is 23.8. The topological polar surface area (TPSA) is 105 Å². The van der Waals surface area contributed by atoms with Crippen molar-refractivity contribution in [1.29, 1.82) is 0 Å². The molecule has 3 amide bonds. The number of benzene rings is 2. The lowest BCUT2D eigenvalue weighted by Crippen LogP contribution is -2.54. The minimum Gasteiger partial charge on any atom is -0.447 e. The molecule has 1 aliphatic rings. The summed E-state index contributed by atoms with van der Waals surface area (Å²) in [5, 5.41) is 3.23. The molecule has 176 valence electrons. The van der Waals surface area contributed by atoms with Crippen LogP contribution >= 0.6 is 11.6 Å². The Morgan fingerprint density at radius 3 is 2.61 bits per heavy atom. The summed E-state index contributed by atoms with van der Waals surface area (Å²) in [5.41, 5.74) is 7.17. The van der Waals surface area contributed by atoms with Crippen molar-refractivity contribution in [2.75, 3.05) is 31.6 Å². The van der Waals surface area contributed by atoms with E-state index in [-0.39, 0.29) is 32.1 Å². The van der Waals surface area contributed by atoms with E-state index in [1.807, 2.05) is 42.5 Å². The first-order valence-corrected chi connectivity index (χ1v) is 11.2. The van der Waals surface area contributed by atoms with Crippen molar-refractivity contribution in [2.45, 2.75) is 31.8 Å². The van der Waals surface area contributed by atoms with Gasteiger partial charge in [0.15, 0.2) is 0 Å². The van der Waals surface area contributed by atoms with Gasteiger partial charge in [0.2, 0.25) is 12.3 Å². The van der Waals surface area contributed by atoms with Gasteiger partial charge in [0.1, 0.15) is 6.61 Å². The molecule has 1 atom stereocenters. The third-order valence-corrected chi connectivity index (χ3v) is 6.34. The number of hydrogen-bond donors (Lipinski definition) is 2. The van der Waals surface area contributed by atoms with E-state index < -0.39 is 11.6 Å². The molecule has 0 saturated carbocycles. The van der Waals surface area contributed by atoms with E-state index >= 15 is 0 Å². The van der Waals surface area contributed by atoms with Gasteiger partial charge in [-0.05, 0) is 42.2 Å². The molecule has 0 aromatic heterocycles. The minimum atomic E-state index is -0.894. The maximum Gasteiger partial charge on any atom is 0.411 e. The summed E-state index contributed by atoms with van der Waals surface area (Å²) in [4.78, 5) is 40.0. The number of hydrogen-bond acceptors (Lipinski definition) is 5. The Morgan fingerprint density at radius 1 is 1.24 bits per heavy atom. The Morgan fingerprint density at radius 2 is 1.97 bits per heavy atom. The fraction of sp³-hybridized carbons (Fsp3) is 0.375. The van der Waals surface area contributed by atoms with E-state index in [1.54, 1.807) is 15.9 Å². The van der Waals surface area contributed by atoms with Crippen LogP contribution in [0.25, 0.3) is 0 Å². The highest BCUT2D eigenvalue weighted by atomic mass is 35.5. The van der Waals surface area contributed by atoms with Crippen LogP contribution in [0.5, 0.6) is 0 Å². The van der Waals surface area contributed by atoms with Gasteiger partial charge in [-0.2, -0.15) is 0 Å². The standard InChI is InChI=1S/C24H29ClN4O4/c1-2-18-7-9-20(10-8-18)27-23(32)33-16-24(11-12-28(15-24)22(31)13-26)29(17-30)14-19-5-3-4-6-21(19)25/h3-10,17H,2,11-16,26H2,1H3,(H,27,32). The molecular weight excluding hydrogens is 444 g/mol. The normalized spacial score (nSPS) is 17.5. The SMILES string of the molecule is CCc1ccc(NC(=O)OCC2(N(C=O)Cc3ccccc3Cl)CCN(C(=O)CN)C2)cc1. The predicted octanol–water partition coefficient (Wildman–Crippen LogP) is 3.04. The van der Waals surface area contributed by atoms with Crippen molar-refractivity contribution in [3.63, 3.8) is 0 Å². The maximum absolute atomic E-state index is 12.5. The number of halogens is 1. The second-order valence-electron chi connectivity index (χ2n) is 8.07. The molecule has 1 fully saturated rings. The van der Waals surface area contributed by atoms with Gasteiger partial charge in [0.05, 0.1) is 12.1 Å². The van der Waals surface area contributed by atoms with Crippen LogP contribution in [0.3, 0.4) is 0 Å². The second-order valence-corrected chi connectivity index (χ2v) is 8.48. The molecule has 3 N–H and O–H groups in total. The quantitative estimate of drug-likeness (QED) is 0.546. The largest absolute Gasteiger partial charge is 0.447 e. The van der Waals surface area contributed by atoms with E-state index in [9.17, 15) is 14.4 Å². The minimum absolute atomic E-state index is 0.0799. The highest BCUT2D eigenvalue weighted by Crippen LogP contribution is 2.31. The first kappa shape index (κ1) is 24.5. The summed E-state index contributed by atoms with van der Waals surface area (Å²) < 4.78 is 5.55. The number of amides is 3. The summed E-state index contributed by atoms with van der Waals surface area (Å²) in [5.74, 6) is -0.221. The van der Waals surface area contributed by atoms with Crippen LogP contribution < -0.4 is 11.1 Å². The lowest BCUT2D eigenvalue weighted by molar-refractivity contribution is -0.132. The molecule has 1 unspecified atom stereocenters. The maximum atomic E-state index is 12.5. The van der Waals surface area contributed by atoms with Crippen LogP contribution in [0.1, 0.15) is 24.5 Å². The molecular formula is C24H29ClN4O4. The van der Waals surface area contributed by atoms with Gasteiger partial charge in [-0.3, -0.25) is 14.9 Å². The Balaban J connectivity index is 1.75. The number of carbonyl (C=O) groups excluding carboxylic acids is 3. The second kappa shape index (κ2) is 11.2. The highest BCUT2D eigenvalue weighted by Gasteiger charge is 2.45. The lowest BCUT2D eigenvalue weighted by Gasteiger charge is -2.38. The number of carbonyl (C=O) groups is 3. The number of aryl methyl sites for hydroxylation is 1. The molecule has 0 radical (unpaired) electrons. The van der Waals surface area contributed by atoms with Crippen molar-refractivity contribution in [1.82, 2.24) is 9.80 Å². The molecule has 1 saturated heterocycles. The lowest BCUT2D eigenvalue weighted by atomic mass is 9.96. The molecule has 0 bridgehead atoms. The van der Waals surface area contributed by atoms with E-state index in [0.29, 0.717) is 30.1 Å². The molecule has 3 rings (SSSR count). The van der Waals surface area contributed by atoms with Crippen LogP contribution in [-0.2, 0) is 27.3 Å². The number of nitrogens with two attached hydrogens (primary N) is 1. The molecule has 2 aromatic rings. The number of nitrogens with zero attached hydrogens (tertiary/aromatic N) is 2. The van der Waals surface area contributed by atoms with Gasteiger partial charge in [-0.1, -0.05) is 48.9 Å². The van der Waals surface area contributed by atoms with Crippen LogP contribution in [0.15, 0.2) is 48.5 Å². The van der Waals surface area contributed by atoms with Crippen LogP contribution in [0, 0.1) is 0 Å². The van der Waals surface area contributed by atoms with E-state index in [4.69, 9.17) is 22.1 Å². The predicted molar refractivity (Wildman–Crippen MR) is 127 cm³/mol. The van der Waals surface area contributed by atoms with E-state index in [2.05, 4.69) is 12.2 Å². The molecule has 1 heterocycles. The summed E-state index contributed by atoms with van der Waals surface area (Å²) in [6, 6.07) is 14.7. The van der Waals surface area contributed by atoms with Crippen LogP contribution in [0.2, 0.25) is 5.02 Å². The number of likely N-dealkylation sites (tertiary alicyclic amines) is 1. The van der Waals surface area contributed by atoms with Gasteiger partial charge >= 0.3 is 6.09 Å². The zero-order valence-corrected chi connectivity index (χ0v) is 19.4. The molecule has 0 aliphatic carbocycles. The molecule has 9 heteroatoms. The highest BCUT2D eigenvalue weighted by molar-refractivity contribution is 6.31. The number of nitrogens with one attached hydrogen (secondary N) is 1. The fourth-order valence-electron chi connectivity index (χ4n) is 3.94. The average Bonchev–Trinajstić information content (AvgIpc) is 3.28. The van der Waals surface area contributed by atoms with E-state index in [1.165, 1.54) is 0 Å². The molecule has 2 aromatic carbocycles. The third-order valence-electron chi connectivity index (χ3n) is 5.98. The van der Waals surface area contributed by atoms with Crippen molar-refractivity contribution in [3.8, 4) is 0 Å². The van der Waals surface area contributed by atoms with E-state index in [0.717, 1.165) is 17.5 Å². The Bertz CT molecular complexity index is 985. The van der Waals surface area contributed by atoms with Crippen molar-refractivity contribution in [2.24, 2.45) is 5.73 Å². The van der Waals surface area contributed by atoms with Crippen molar-refractivity contribution >= 4 is 35.7 Å². The Kier molecular flexibility index (Phi) is 8.30. The summed E-state index contributed by atoms with van der Waals surface area (Å²) >= 11 is 6.30. The van der Waals surface area contributed by atoms with Gasteiger partial charge in [0.25, 0.3) is 0 Å². The van der Waals surface area contributed by atoms with Crippen molar-refractivity contribution in [3.05, 3.63) is 64.7 Å². The first-order valence-electron chi connectivity index (χ1n) is 10.9. The Labute approximate surface area is 198 Å². The van der Waals surface area contributed by atoms with Crippen LogP contribution in [-0.4, -0.2) is 60.0 Å². The number of rotatable bonds is 9. The smallest absolute Gasteiger partial charge is 0.411 e.